The fourth-order valence-corrected chi connectivity index (χ4v) is 2.81. The van der Waals surface area contributed by atoms with Crippen molar-refractivity contribution in [2.75, 3.05) is 0 Å². The van der Waals surface area contributed by atoms with Crippen LogP contribution in [0, 0.1) is 6.92 Å². The number of fused-ring (bicyclic) bond motifs is 1. The summed E-state index contributed by atoms with van der Waals surface area (Å²) in [6.45, 7) is 6.95. The Labute approximate surface area is 154 Å². The number of nitrogens with one attached hydrogen (secondary N) is 1. The van der Waals surface area contributed by atoms with E-state index in [1.54, 1.807) is 0 Å². The molecule has 1 amide bonds. The van der Waals surface area contributed by atoms with Crippen molar-refractivity contribution >= 4 is 16.8 Å². The minimum atomic E-state index is -0.107. The lowest BCUT2D eigenvalue weighted by Crippen LogP contribution is -2.24. The van der Waals surface area contributed by atoms with Crippen molar-refractivity contribution in [3.05, 3.63) is 77.0 Å². The Hall–Kier alpha value is -2.72. The van der Waals surface area contributed by atoms with Gasteiger partial charge in [-0.1, -0.05) is 42.5 Å². The molecule has 3 rings (SSSR count). The summed E-state index contributed by atoms with van der Waals surface area (Å²) in [7, 11) is 0. The zero-order valence-corrected chi connectivity index (χ0v) is 15.5. The highest BCUT2D eigenvalue weighted by Crippen LogP contribution is 2.16. The number of nitrogens with zero attached hydrogens (tertiary/aromatic N) is 1. The van der Waals surface area contributed by atoms with E-state index in [2.05, 4.69) is 16.4 Å². The van der Waals surface area contributed by atoms with Crippen molar-refractivity contribution in [2.24, 2.45) is 0 Å². The highest BCUT2D eigenvalue weighted by Gasteiger charge is 2.11. The molecule has 26 heavy (non-hydrogen) atoms. The average molecular weight is 348 g/mol. The minimum Gasteiger partial charge on any atom is -0.374 e. The Morgan fingerprint density at radius 1 is 1.08 bits per heavy atom. The van der Waals surface area contributed by atoms with E-state index in [0.717, 1.165) is 27.7 Å². The number of carbonyl (C=O) groups excluding carboxylic acids is 1. The van der Waals surface area contributed by atoms with E-state index in [0.29, 0.717) is 18.7 Å². The number of hydrogen-bond donors (Lipinski definition) is 1. The van der Waals surface area contributed by atoms with Gasteiger partial charge >= 0.3 is 0 Å². The molecule has 0 aliphatic heterocycles. The predicted octanol–water partition coefficient (Wildman–Crippen LogP) is 4.40. The van der Waals surface area contributed by atoms with Crippen molar-refractivity contribution in [1.29, 1.82) is 0 Å². The molecular weight excluding hydrogens is 324 g/mol. The molecule has 0 atom stereocenters. The Balaban J connectivity index is 1.69. The number of amides is 1. The molecule has 0 spiro atoms. The first-order valence-corrected chi connectivity index (χ1v) is 8.87. The number of rotatable bonds is 6. The second-order valence-corrected chi connectivity index (χ2v) is 6.68. The zero-order valence-electron chi connectivity index (χ0n) is 15.5. The van der Waals surface area contributed by atoms with Gasteiger partial charge in [0, 0.05) is 11.9 Å². The van der Waals surface area contributed by atoms with Crippen molar-refractivity contribution < 1.29 is 9.53 Å². The second-order valence-electron chi connectivity index (χ2n) is 6.68. The third kappa shape index (κ3) is 4.46. The number of ether oxygens (including phenoxy) is 1. The lowest BCUT2D eigenvalue weighted by Gasteiger charge is -2.11. The first-order chi connectivity index (χ1) is 12.5. The van der Waals surface area contributed by atoms with Gasteiger partial charge in [0.2, 0.25) is 0 Å². The Bertz CT molecular complexity index is 919. The van der Waals surface area contributed by atoms with Crippen LogP contribution >= 0.6 is 0 Å². The summed E-state index contributed by atoms with van der Waals surface area (Å²) >= 11 is 0. The molecule has 134 valence electrons. The van der Waals surface area contributed by atoms with Crippen molar-refractivity contribution in [1.82, 2.24) is 10.3 Å². The molecule has 0 saturated heterocycles. The number of para-hydroxylation sites is 1. The standard InChI is InChI=1S/C22H24N2O2/c1-15(2)26-14-18-8-6-7-17(11-18)13-23-22(25)20-12-19-9-4-5-10-21(19)24-16(20)3/h4-12,15H,13-14H2,1-3H3,(H,23,25). The van der Waals surface area contributed by atoms with Crippen LogP contribution in [0.1, 0.15) is 41.0 Å². The maximum atomic E-state index is 12.6. The van der Waals surface area contributed by atoms with E-state index in [1.807, 2.05) is 69.3 Å². The van der Waals surface area contributed by atoms with Crippen LogP contribution in [0.5, 0.6) is 0 Å². The van der Waals surface area contributed by atoms with Gasteiger partial charge in [0.1, 0.15) is 0 Å². The zero-order chi connectivity index (χ0) is 18.5. The molecule has 4 nitrogen and oxygen atoms in total. The summed E-state index contributed by atoms with van der Waals surface area (Å²) in [5.41, 5.74) is 4.41. The van der Waals surface area contributed by atoms with E-state index in [1.165, 1.54) is 0 Å². The molecule has 0 aliphatic carbocycles. The number of aromatic nitrogens is 1. The van der Waals surface area contributed by atoms with Crippen LogP contribution in [-0.2, 0) is 17.9 Å². The minimum absolute atomic E-state index is 0.107. The second kappa shape index (κ2) is 8.11. The van der Waals surface area contributed by atoms with Crippen molar-refractivity contribution in [3.63, 3.8) is 0 Å². The summed E-state index contributed by atoms with van der Waals surface area (Å²) in [6, 6.07) is 17.8. The smallest absolute Gasteiger partial charge is 0.253 e. The van der Waals surface area contributed by atoms with Gasteiger partial charge in [-0.05, 0) is 44.0 Å². The fourth-order valence-electron chi connectivity index (χ4n) is 2.81. The number of benzene rings is 2. The van der Waals surface area contributed by atoms with Crippen LogP contribution in [0.25, 0.3) is 10.9 Å². The summed E-state index contributed by atoms with van der Waals surface area (Å²) in [4.78, 5) is 17.1. The van der Waals surface area contributed by atoms with E-state index in [-0.39, 0.29) is 12.0 Å². The number of carbonyl (C=O) groups is 1. The molecule has 0 saturated carbocycles. The maximum Gasteiger partial charge on any atom is 0.253 e. The van der Waals surface area contributed by atoms with Crippen LogP contribution in [0.2, 0.25) is 0 Å². The molecule has 1 aromatic heterocycles. The van der Waals surface area contributed by atoms with Gasteiger partial charge in [0.25, 0.3) is 5.91 Å². The Morgan fingerprint density at radius 2 is 1.85 bits per heavy atom. The van der Waals surface area contributed by atoms with E-state index >= 15 is 0 Å². The monoisotopic (exact) mass is 348 g/mol. The van der Waals surface area contributed by atoms with E-state index in [9.17, 15) is 4.79 Å². The molecule has 0 bridgehead atoms. The quantitative estimate of drug-likeness (QED) is 0.718. The van der Waals surface area contributed by atoms with Gasteiger partial charge in [-0.15, -0.1) is 0 Å². The van der Waals surface area contributed by atoms with Gasteiger partial charge in [-0.2, -0.15) is 0 Å². The molecule has 0 radical (unpaired) electrons. The normalized spacial score (nSPS) is 11.1. The Morgan fingerprint density at radius 3 is 2.65 bits per heavy atom. The molecule has 0 aliphatic rings. The molecular formula is C22H24N2O2. The van der Waals surface area contributed by atoms with Gasteiger partial charge in [0.05, 0.1) is 29.5 Å². The van der Waals surface area contributed by atoms with Gasteiger partial charge in [-0.25, -0.2) is 0 Å². The van der Waals surface area contributed by atoms with Crippen molar-refractivity contribution in [2.45, 2.75) is 40.0 Å². The average Bonchev–Trinajstić information content (AvgIpc) is 2.64. The number of aryl methyl sites for hydroxylation is 1. The summed E-state index contributed by atoms with van der Waals surface area (Å²) in [5, 5.41) is 3.96. The van der Waals surface area contributed by atoms with Crippen LogP contribution in [0.4, 0.5) is 0 Å². The molecule has 2 aromatic carbocycles. The predicted molar refractivity (Wildman–Crippen MR) is 104 cm³/mol. The summed E-state index contributed by atoms with van der Waals surface area (Å²) < 4.78 is 5.64. The van der Waals surface area contributed by atoms with Gasteiger partial charge in [-0.3, -0.25) is 9.78 Å². The number of pyridine rings is 1. The van der Waals surface area contributed by atoms with Crippen LogP contribution in [0.15, 0.2) is 54.6 Å². The highest BCUT2D eigenvalue weighted by atomic mass is 16.5. The lowest BCUT2D eigenvalue weighted by atomic mass is 10.1. The highest BCUT2D eigenvalue weighted by molar-refractivity contribution is 5.98. The third-order valence-electron chi connectivity index (χ3n) is 4.19. The summed E-state index contributed by atoms with van der Waals surface area (Å²) in [6.07, 6.45) is 0.196. The summed E-state index contributed by atoms with van der Waals surface area (Å²) in [5.74, 6) is -0.107. The molecule has 4 heteroatoms. The van der Waals surface area contributed by atoms with E-state index < -0.39 is 0 Å². The number of hydrogen-bond acceptors (Lipinski definition) is 3. The topological polar surface area (TPSA) is 51.2 Å². The largest absolute Gasteiger partial charge is 0.374 e. The molecule has 0 unspecified atom stereocenters. The SMILES string of the molecule is Cc1nc2ccccc2cc1C(=O)NCc1cccc(COC(C)C)c1. The fraction of sp³-hybridized carbons (Fsp3) is 0.273. The first-order valence-electron chi connectivity index (χ1n) is 8.87. The molecule has 1 heterocycles. The van der Waals surface area contributed by atoms with Crippen molar-refractivity contribution in [3.8, 4) is 0 Å². The molecule has 1 N–H and O–H groups in total. The molecule has 3 aromatic rings. The maximum absolute atomic E-state index is 12.6. The van der Waals surface area contributed by atoms with Crippen LogP contribution in [-0.4, -0.2) is 17.0 Å². The Kier molecular flexibility index (Phi) is 5.64. The first kappa shape index (κ1) is 18.1. The molecule has 0 fully saturated rings. The third-order valence-corrected chi connectivity index (χ3v) is 4.19. The van der Waals surface area contributed by atoms with Gasteiger partial charge in [0.15, 0.2) is 0 Å². The van der Waals surface area contributed by atoms with Crippen LogP contribution in [0.3, 0.4) is 0 Å². The van der Waals surface area contributed by atoms with Crippen LogP contribution < -0.4 is 5.32 Å². The van der Waals surface area contributed by atoms with Gasteiger partial charge < -0.3 is 10.1 Å². The lowest BCUT2D eigenvalue weighted by molar-refractivity contribution is 0.0657. The van der Waals surface area contributed by atoms with E-state index in [4.69, 9.17) is 4.74 Å².